The number of carbonyl (C=O) groups excluding carboxylic acids is 2. The maximum absolute atomic E-state index is 11.5. The number of nitrogens with one attached hydrogen (secondary N) is 2. The molecule has 0 atom stereocenters. The van der Waals surface area contributed by atoms with Gasteiger partial charge in [0.1, 0.15) is 0 Å². The summed E-state index contributed by atoms with van der Waals surface area (Å²) in [6, 6.07) is -0.451. The van der Waals surface area contributed by atoms with E-state index in [2.05, 4.69) is 24.5 Å². The van der Waals surface area contributed by atoms with E-state index >= 15 is 0 Å². The summed E-state index contributed by atoms with van der Waals surface area (Å²) in [5.41, 5.74) is -0.695. The summed E-state index contributed by atoms with van der Waals surface area (Å²) in [6.07, 6.45) is 0.886. The smallest absolute Gasteiger partial charge is 0.321 e. The van der Waals surface area contributed by atoms with Crippen molar-refractivity contribution >= 4 is 11.9 Å². The molecule has 0 spiro atoms. The second-order valence-corrected chi connectivity index (χ2v) is 5.63. The van der Waals surface area contributed by atoms with Crippen LogP contribution >= 0.6 is 0 Å². The summed E-state index contributed by atoms with van der Waals surface area (Å²) in [6.45, 7) is 7.51. The molecule has 104 valence electrons. The summed E-state index contributed by atoms with van der Waals surface area (Å²) < 4.78 is 0. The Morgan fingerprint density at radius 3 is 2.50 bits per heavy atom. The summed E-state index contributed by atoms with van der Waals surface area (Å²) >= 11 is 0. The zero-order valence-corrected chi connectivity index (χ0v) is 11.3. The van der Waals surface area contributed by atoms with Crippen molar-refractivity contribution in [3.8, 4) is 0 Å². The fraction of sp³-hybridized carbons (Fsp3) is 0.833. The molecule has 1 fully saturated rings. The van der Waals surface area contributed by atoms with Crippen molar-refractivity contribution in [1.29, 1.82) is 0 Å². The standard InChI is InChI=1S/C12H23N3O3/c1-9(2)4-5-13-11(17)14-10(16)6-15-7-12(3,18)8-15/h9,18H,4-8H2,1-3H3,(H2,13,14,16,17). The van der Waals surface area contributed by atoms with E-state index in [9.17, 15) is 14.7 Å². The van der Waals surface area contributed by atoms with Crippen LogP contribution in [0.1, 0.15) is 27.2 Å². The lowest BCUT2D eigenvalue weighted by atomic mass is 9.97. The highest BCUT2D eigenvalue weighted by Crippen LogP contribution is 2.18. The first kappa shape index (κ1) is 14.9. The number of hydrogen-bond acceptors (Lipinski definition) is 4. The molecule has 0 saturated carbocycles. The van der Waals surface area contributed by atoms with Crippen molar-refractivity contribution in [2.24, 2.45) is 5.92 Å². The third kappa shape index (κ3) is 5.46. The van der Waals surface area contributed by atoms with E-state index in [-0.39, 0.29) is 12.5 Å². The van der Waals surface area contributed by atoms with E-state index in [4.69, 9.17) is 0 Å². The number of imide groups is 1. The van der Waals surface area contributed by atoms with Crippen LogP contribution in [-0.4, -0.2) is 53.7 Å². The van der Waals surface area contributed by atoms with E-state index in [1.54, 1.807) is 11.8 Å². The maximum Gasteiger partial charge on any atom is 0.321 e. The van der Waals surface area contributed by atoms with Crippen molar-refractivity contribution in [1.82, 2.24) is 15.5 Å². The molecule has 1 saturated heterocycles. The number of β-amino-alcohol motifs (C(OH)–C–C–N with tert-alkyl or cyclic N) is 1. The molecule has 0 aliphatic carbocycles. The minimum atomic E-state index is -0.695. The molecule has 3 N–H and O–H groups in total. The number of amides is 3. The van der Waals surface area contributed by atoms with Crippen molar-refractivity contribution in [2.45, 2.75) is 32.8 Å². The van der Waals surface area contributed by atoms with Gasteiger partial charge in [0.05, 0.1) is 12.1 Å². The molecule has 0 aromatic heterocycles. The summed E-state index contributed by atoms with van der Waals surface area (Å²) in [5, 5.41) is 14.4. The van der Waals surface area contributed by atoms with Crippen LogP contribution < -0.4 is 10.6 Å². The minimum Gasteiger partial charge on any atom is -0.388 e. The van der Waals surface area contributed by atoms with E-state index in [1.165, 1.54) is 0 Å². The van der Waals surface area contributed by atoms with Gasteiger partial charge in [-0.05, 0) is 19.3 Å². The fourth-order valence-corrected chi connectivity index (χ4v) is 1.92. The first-order valence-electron chi connectivity index (χ1n) is 6.31. The molecule has 6 heteroatoms. The van der Waals surface area contributed by atoms with E-state index in [1.807, 2.05) is 0 Å². The molecule has 1 heterocycles. The Morgan fingerprint density at radius 2 is 2.00 bits per heavy atom. The third-order valence-electron chi connectivity index (χ3n) is 2.76. The third-order valence-corrected chi connectivity index (χ3v) is 2.76. The fourth-order valence-electron chi connectivity index (χ4n) is 1.92. The number of rotatable bonds is 5. The van der Waals surface area contributed by atoms with Crippen LogP contribution in [0, 0.1) is 5.92 Å². The van der Waals surface area contributed by atoms with Gasteiger partial charge in [0.2, 0.25) is 5.91 Å². The maximum atomic E-state index is 11.5. The Hall–Kier alpha value is -1.14. The molecule has 1 aliphatic rings. The Morgan fingerprint density at radius 1 is 1.39 bits per heavy atom. The van der Waals surface area contributed by atoms with E-state index < -0.39 is 11.6 Å². The predicted molar refractivity (Wildman–Crippen MR) is 68.1 cm³/mol. The average Bonchev–Trinajstić information content (AvgIpc) is 2.13. The summed E-state index contributed by atoms with van der Waals surface area (Å²) in [5.74, 6) is 0.178. The van der Waals surface area contributed by atoms with Gasteiger partial charge in [-0.2, -0.15) is 0 Å². The Bertz CT molecular complexity index is 308. The second kappa shape index (κ2) is 6.15. The quantitative estimate of drug-likeness (QED) is 0.643. The predicted octanol–water partition coefficient (Wildman–Crippen LogP) is -0.0751. The van der Waals surface area contributed by atoms with Gasteiger partial charge < -0.3 is 10.4 Å². The number of aliphatic hydroxyl groups is 1. The van der Waals surface area contributed by atoms with Crippen molar-refractivity contribution in [3.63, 3.8) is 0 Å². The SMILES string of the molecule is CC(C)CCNC(=O)NC(=O)CN1CC(C)(O)C1. The normalized spacial score (nSPS) is 18.3. The van der Waals surface area contributed by atoms with Crippen LogP contribution in [0.2, 0.25) is 0 Å². The molecule has 1 rings (SSSR count). The summed E-state index contributed by atoms with van der Waals surface area (Å²) in [4.78, 5) is 24.6. The molecular formula is C12H23N3O3. The number of likely N-dealkylation sites (tertiary alicyclic amines) is 1. The van der Waals surface area contributed by atoms with Crippen molar-refractivity contribution in [3.05, 3.63) is 0 Å². The van der Waals surface area contributed by atoms with Crippen LogP contribution in [-0.2, 0) is 4.79 Å². The lowest BCUT2D eigenvalue weighted by molar-refractivity contribution is -0.129. The number of nitrogens with zero attached hydrogens (tertiary/aromatic N) is 1. The second-order valence-electron chi connectivity index (χ2n) is 5.63. The molecular weight excluding hydrogens is 234 g/mol. The van der Waals surface area contributed by atoms with Gasteiger partial charge in [-0.3, -0.25) is 15.0 Å². The van der Waals surface area contributed by atoms with Gasteiger partial charge in [0.15, 0.2) is 0 Å². The van der Waals surface area contributed by atoms with E-state index in [0.29, 0.717) is 25.6 Å². The summed E-state index contributed by atoms with van der Waals surface area (Å²) in [7, 11) is 0. The van der Waals surface area contributed by atoms with Crippen molar-refractivity contribution < 1.29 is 14.7 Å². The van der Waals surface area contributed by atoms with Crippen LogP contribution in [0.25, 0.3) is 0 Å². The zero-order valence-electron chi connectivity index (χ0n) is 11.3. The van der Waals surface area contributed by atoms with Crippen LogP contribution in [0.5, 0.6) is 0 Å². The minimum absolute atomic E-state index is 0.147. The average molecular weight is 257 g/mol. The van der Waals surface area contributed by atoms with Gasteiger partial charge in [-0.25, -0.2) is 4.79 Å². The van der Waals surface area contributed by atoms with E-state index in [0.717, 1.165) is 6.42 Å². The highest BCUT2D eigenvalue weighted by molar-refractivity contribution is 5.95. The first-order chi connectivity index (χ1) is 8.28. The van der Waals surface area contributed by atoms with Gasteiger partial charge in [-0.1, -0.05) is 13.8 Å². The Balaban J connectivity index is 2.11. The van der Waals surface area contributed by atoms with Crippen LogP contribution in [0.3, 0.4) is 0 Å². The largest absolute Gasteiger partial charge is 0.388 e. The molecule has 18 heavy (non-hydrogen) atoms. The topological polar surface area (TPSA) is 81.7 Å². The van der Waals surface area contributed by atoms with Crippen LogP contribution in [0.15, 0.2) is 0 Å². The van der Waals surface area contributed by atoms with Gasteiger partial charge in [0, 0.05) is 19.6 Å². The molecule has 0 aromatic rings. The van der Waals surface area contributed by atoms with Gasteiger partial charge >= 0.3 is 6.03 Å². The Labute approximate surface area is 108 Å². The van der Waals surface area contributed by atoms with Crippen LogP contribution in [0.4, 0.5) is 4.79 Å². The van der Waals surface area contributed by atoms with Gasteiger partial charge in [-0.15, -0.1) is 0 Å². The number of carbonyl (C=O) groups is 2. The number of hydrogen-bond donors (Lipinski definition) is 3. The number of urea groups is 1. The highest BCUT2D eigenvalue weighted by Gasteiger charge is 2.37. The highest BCUT2D eigenvalue weighted by atomic mass is 16.3. The molecule has 0 aromatic carbocycles. The monoisotopic (exact) mass is 257 g/mol. The molecule has 1 aliphatic heterocycles. The lowest BCUT2D eigenvalue weighted by Crippen LogP contribution is -2.62. The zero-order chi connectivity index (χ0) is 13.8. The molecule has 3 amide bonds. The molecule has 6 nitrogen and oxygen atoms in total. The lowest BCUT2D eigenvalue weighted by Gasteiger charge is -2.43. The van der Waals surface area contributed by atoms with Gasteiger partial charge in [0.25, 0.3) is 0 Å². The molecule has 0 radical (unpaired) electrons. The molecule has 0 unspecified atom stereocenters. The first-order valence-corrected chi connectivity index (χ1v) is 6.31. The van der Waals surface area contributed by atoms with Crippen molar-refractivity contribution in [2.75, 3.05) is 26.2 Å². The Kier molecular flexibility index (Phi) is 5.10. The molecule has 0 bridgehead atoms.